The van der Waals surface area contributed by atoms with Crippen LogP contribution >= 0.6 is 15.9 Å². The smallest absolute Gasteiger partial charge is 0.269 e. The van der Waals surface area contributed by atoms with Crippen LogP contribution in [-0.4, -0.2) is 12.0 Å². The SMILES string of the molecule is COc1cc(/C=C(/C#N)c2ccc([N+](=O)[O-])cc2)cc(Br)c1OCc1ccc2ccccc2c1. The molecule has 6 nitrogen and oxygen atoms in total. The fourth-order valence-electron chi connectivity index (χ4n) is 3.56. The van der Waals surface area contributed by atoms with E-state index >= 15 is 0 Å². The maximum Gasteiger partial charge on any atom is 0.269 e. The van der Waals surface area contributed by atoms with Crippen LogP contribution < -0.4 is 9.47 Å². The Morgan fingerprint density at radius 2 is 1.79 bits per heavy atom. The summed E-state index contributed by atoms with van der Waals surface area (Å²) in [6.07, 6.45) is 1.70. The van der Waals surface area contributed by atoms with Crippen LogP contribution in [0.5, 0.6) is 11.5 Å². The molecule has 0 radical (unpaired) electrons. The first-order valence-corrected chi connectivity index (χ1v) is 11.1. The summed E-state index contributed by atoms with van der Waals surface area (Å²) in [4.78, 5) is 10.4. The topological polar surface area (TPSA) is 85.4 Å². The molecule has 4 aromatic carbocycles. The van der Waals surface area contributed by atoms with Gasteiger partial charge in [-0.1, -0.05) is 36.4 Å². The molecule has 0 N–H and O–H groups in total. The lowest BCUT2D eigenvalue weighted by Crippen LogP contribution is -1.99. The van der Waals surface area contributed by atoms with E-state index < -0.39 is 4.92 Å². The van der Waals surface area contributed by atoms with Crippen molar-refractivity contribution >= 4 is 44.0 Å². The van der Waals surface area contributed by atoms with Crippen molar-refractivity contribution in [2.75, 3.05) is 7.11 Å². The molecule has 0 heterocycles. The van der Waals surface area contributed by atoms with E-state index in [1.807, 2.05) is 24.3 Å². The zero-order valence-electron chi connectivity index (χ0n) is 18.2. The van der Waals surface area contributed by atoms with Gasteiger partial charge in [0.05, 0.1) is 28.1 Å². The van der Waals surface area contributed by atoms with Gasteiger partial charge in [-0.05, 0) is 79.8 Å². The summed E-state index contributed by atoms with van der Waals surface area (Å²) in [5.41, 5.74) is 2.67. The lowest BCUT2D eigenvalue weighted by Gasteiger charge is -2.14. The number of hydrogen-bond acceptors (Lipinski definition) is 5. The summed E-state index contributed by atoms with van der Waals surface area (Å²) in [7, 11) is 1.56. The molecule has 0 aliphatic heterocycles. The first-order chi connectivity index (χ1) is 16.5. The summed E-state index contributed by atoms with van der Waals surface area (Å²) in [5.74, 6) is 1.07. The number of nitriles is 1. The van der Waals surface area contributed by atoms with Crippen molar-refractivity contribution in [1.29, 1.82) is 5.26 Å². The van der Waals surface area contributed by atoms with Gasteiger partial charge in [-0.2, -0.15) is 5.26 Å². The third kappa shape index (κ3) is 5.08. The maximum absolute atomic E-state index is 10.9. The Labute approximate surface area is 205 Å². The van der Waals surface area contributed by atoms with Gasteiger partial charge in [-0.15, -0.1) is 0 Å². The number of benzene rings is 4. The molecule has 4 rings (SSSR count). The second-order valence-electron chi connectivity index (χ2n) is 7.48. The molecule has 0 saturated carbocycles. The van der Waals surface area contributed by atoms with Crippen molar-refractivity contribution in [2.24, 2.45) is 0 Å². The number of rotatable bonds is 7. The molecule has 0 saturated heterocycles. The summed E-state index contributed by atoms with van der Waals surface area (Å²) in [6, 6.07) is 26.0. The summed E-state index contributed by atoms with van der Waals surface area (Å²) in [6.45, 7) is 0.362. The van der Waals surface area contributed by atoms with E-state index in [0.29, 0.717) is 33.7 Å². The first kappa shape index (κ1) is 23.0. The molecule has 0 spiro atoms. The number of methoxy groups -OCH3 is 1. The first-order valence-electron chi connectivity index (χ1n) is 10.3. The Balaban J connectivity index is 1.59. The maximum atomic E-state index is 10.9. The zero-order valence-corrected chi connectivity index (χ0v) is 19.8. The molecule has 0 bridgehead atoms. The van der Waals surface area contributed by atoms with E-state index in [4.69, 9.17) is 9.47 Å². The minimum absolute atomic E-state index is 0.0293. The van der Waals surface area contributed by atoms with Gasteiger partial charge >= 0.3 is 0 Å². The van der Waals surface area contributed by atoms with Gasteiger partial charge in [0.2, 0.25) is 0 Å². The average molecular weight is 515 g/mol. The van der Waals surface area contributed by atoms with Gasteiger partial charge < -0.3 is 9.47 Å². The molecule has 0 fully saturated rings. The van der Waals surface area contributed by atoms with E-state index in [1.165, 1.54) is 17.5 Å². The Hall–Kier alpha value is -4.15. The number of ether oxygens (including phenoxy) is 2. The van der Waals surface area contributed by atoms with Crippen LogP contribution in [0.4, 0.5) is 5.69 Å². The van der Waals surface area contributed by atoms with Crippen molar-refractivity contribution < 1.29 is 14.4 Å². The summed E-state index contributed by atoms with van der Waals surface area (Å²) >= 11 is 3.55. The number of allylic oxidation sites excluding steroid dienone is 1. The molecule has 0 aromatic heterocycles. The highest BCUT2D eigenvalue weighted by molar-refractivity contribution is 9.10. The van der Waals surface area contributed by atoms with E-state index in [2.05, 4.69) is 46.3 Å². The molecular formula is C27H19BrN2O4. The molecule has 0 unspecified atom stereocenters. The predicted molar refractivity (Wildman–Crippen MR) is 136 cm³/mol. The number of halogens is 1. The molecular weight excluding hydrogens is 496 g/mol. The second kappa shape index (κ2) is 10.2. The van der Waals surface area contributed by atoms with Crippen LogP contribution in [0.2, 0.25) is 0 Å². The largest absolute Gasteiger partial charge is 0.493 e. The van der Waals surface area contributed by atoms with Gasteiger partial charge in [0.25, 0.3) is 5.69 Å². The number of nitro groups is 1. The van der Waals surface area contributed by atoms with Crippen LogP contribution in [0.25, 0.3) is 22.4 Å². The standard InChI is InChI=1S/C27H19BrN2O4/c1-33-26-15-19(13-23(16-29)21-8-10-24(11-9-21)30(31)32)14-25(28)27(26)34-17-18-6-7-20-4-2-3-5-22(20)12-18/h2-15H,17H2,1H3/b23-13-. The number of nitrogens with zero attached hydrogens (tertiary/aromatic N) is 2. The Kier molecular flexibility index (Phi) is 6.90. The molecule has 7 heteroatoms. The average Bonchev–Trinajstić information content (AvgIpc) is 2.86. The number of fused-ring (bicyclic) bond motifs is 1. The highest BCUT2D eigenvalue weighted by Crippen LogP contribution is 2.38. The highest BCUT2D eigenvalue weighted by atomic mass is 79.9. The van der Waals surface area contributed by atoms with Crippen molar-refractivity contribution in [3.8, 4) is 17.6 Å². The van der Waals surface area contributed by atoms with Crippen molar-refractivity contribution in [3.05, 3.63) is 110 Å². The Bertz CT molecular complexity index is 1440. The van der Waals surface area contributed by atoms with E-state index in [-0.39, 0.29) is 5.69 Å². The third-order valence-corrected chi connectivity index (χ3v) is 5.86. The van der Waals surface area contributed by atoms with Crippen molar-refractivity contribution in [1.82, 2.24) is 0 Å². The van der Waals surface area contributed by atoms with Gasteiger partial charge in [0.1, 0.15) is 6.61 Å². The van der Waals surface area contributed by atoms with Gasteiger partial charge in [0.15, 0.2) is 11.5 Å². The van der Waals surface area contributed by atoms with Gasteiger partial charge in [-0.3, -0.25) is 10.1 Å². The third-order valence-electron chi connectivity index (χ3n) is 5.27. The minimum Gasteiger partial charge on any atom is -0.493 e. The van der Waals surface area contributed by atoms with Crippen LogP contribution in [0, 0.1) is 21.4 Å². The lowest BCUT2D eigenvalue weighted by atomic mass is 10.0. The van der Waals surface area contributed by atoms with Crippen molar-refractivity contribution in [2.45, 2.75) is 6.61 Å². The quantitative estimate of drug-likeness (QED) is 0.113. The van der Waals surface area contributed by atoms with E-state index in [9.17, 15) is 15.4 Å². The van der Waals surface area contributed by atoms with Gasteiger partial charge in [-0.25, -0.2) is 0 Å². The van der Waals surface area contributed by atoms with E-state index in [0.717, 1.165) is 16.5 Å². The molecule has 0 atom stereocenters. The number of non-ortho nitro benzene ring substituents is 1. The molecule has 0 amide bonds. The van der Waals surface area contributed by atoms with Crippen LogP contribution in [0.1, 0.15) is 16.7 Å². The fourth-order valence-corrected chi connectivity index (χ4v) is 4.13. The fraction of sp³-hybridized carbons (Fsp3) is 0.0741. The highest BCUT2D eigenvalue weighted by Gasteiger charge is 2.13. The number of hydrogen-bond donors (Lipinski definition) is 0. The summed E-state index contributed by atoms with van der Waals surface area (Å²) < 4.78 is 12.3. The lowest BCUT2D eigenvalue weighted by molar-refractivity contribution is -0.384. The van der Waals surface area contributed by atoms with Crippen LogP contribution in [0.15, 0.2) is 83.3 Å². The molecule has 4 aromatic rings. The van der Waals surface area contributed by atoms with Crippen LogP contribution in [-0.2, 0) is 6.61 Å². The Morgan fingerprint density at radius 1 is 1.06 bits per heavy atom. The molecule has 0 aliphatic rings. The normalized spacial score (nSPS) is 11.1. The Morgan fingerprint density at radius 3 is 2.47 bits per heavy atom. The van der Waals surface area contributed by atoms with Gasteiger partial charge in [0, 0.05) is 12.1 Å². The predicted octanol–water partition coefficient (Wildman–Crippen LogP) is 7.16. The number of nitro benzene ring substituents is 1. The van der Waals surface area contributed by atoms with Crippen molar-refractivity contribution in [3.63, 3.8) is 0 Å². The minimum atomic E-state index is -0.474. The second-order valence-corrected chi connectivity index (χ2v) is 8.33. The molecule has 34 heavy (non-hydrogen) atoms. The monoisotopic (exact) mass is 514 g/mol. The zero-order chi connectivity index (χ0) is 24.1. The van der Waals surface area contributed by atoms with E-state index in [1.54, 1.807) is 31.4 Å². The van der Waals surface area contributed by atoms with Crippen LogP contribution in [0.3, 0.4) is 0 Å². The molecule has 168 valence electrons. The molecule has 0 aliphatic carbocycles. The summed E-state index contributed by atoms with van der Waals surface area (Å²) in [5, 5.41) is 22.8.